The van der Waals surface area contributed by atoms with Crippen molar-refractivity contribution >= 4 is 72.1 Å². The number of fused-ring (bicyclic) bond motifs is 9. The van der Waals surface area contributed by atoms with E-state index in [0.717, 1.165) is 87.4 Å². The normalized spacial score (nSPS) is 17.9. The zero-order chi connectivity index (χ0) is 44.4. The number of hydrogen-bond acceptors (Lipinski definition) is 3. The van der Waals surface area contributed by atoms with Crippen LogP contribution >= 0.6 is 0 Å². The van der Waals surface area contributed by atoms with Gasteiger partial charge in [-0.1, -0.05) is 146 Å². The van der Waals surface area contributed by atoms with Crippen molar-refractivity contribution in [2.24, 2.45) is 10.9 Å². The maximum atomic E-state index is 6.69. The Morgan fingerprint density at radius 1 is 0.537 bits per heavy atom. The molecule has 67 heavy (non-hydrogen) atoms. The number of para-hydroxylation sites is 2. The molecule has 1 aliphatic carbocycles. The highest BCUT2D eigenvalue weighted by molar-refractivity contribution is 6.12. The Morgan fingerprint density at radius 2 is 1.21 bits per heavy atom. The van der Waals surface area contributed by atoms with Crippen LogP contribution in [0.3, 0.4) is 0 Å². The lowest BCUT2D eigenvalue weighted by atomic mass is 9.79. The molecular weight excluding hydrogens is 817 g/mol. The number of allylic oxidation sites excluding steroid dienone is 2. The molecule has 2 atom stereocenters. The van der Waals surface area contributed by atoms with Gasteiger partial charge in [-0.3, -0.25) is 4.99 Å². The van der Waals surface area contributed by atoms with Gasteiger partial charge in [0.05, 0.1) is 11.6 Å². The first-order chi connectivity index (χ1) is 33.2. The Kier molecular flexibility index (Phi) is 9.52. The fraction of sp³-hybridized carbons (Fsp3) is 0.127. The third-order valence-electron chi connectivity index (χ3n) is 14.4. The largest absolute Gasteiger partial charge is 0.456 e. The highest BCUT2D eigenvalue weighted by Crippen LogP contribution is 2.46. The summed E-state index contributed by atoms with van der Waals surface area (Å²) in [6, 6.07) is 65.8. The summed E-state index contributed by atoms with van der Waals surface area (Å²) in [5.41, 5.74) is 19.6. The van der Waals surface area contributed by atoms with Crippen LogP contribution in [0, 0.1) is 5.92 Å². The van der Waals surface area contributed by atoms with Gasteiger partial charge in [0.15, 0.2) is 0 Å². The first-order valence-electron chi connectivity index (χ1n) is 23.9. The van der Waals surface area contributed by atoms with Crippen LogP contribution in [0.15, 0.2) is 208 Å². The average Bonchev–Trinajstić information content (AvgIpc) is 4.06. The van der Waals surface area contributed by atoms with Crippen molar-refractivity contribution in [1.82, 2.24) is 4.57 Å². The number of hydrogen-bond donors (Lipinski definition) is 0. The molecule has 0 radical (unpaired) electrons. The van der Waals surface area contributed by atoms with E-state index in [1.165, 1.54) is 66.6 Å². The highest BCUT2D eigenvalue weighted by Gasteiger charge is 2.30. The second-order valence-electron chi connectivity index (χ2n) is 18.2. The summed E-state index contributed by atoms with van der Waals surface area (Å²) in [7, 11) is 0. The molecule has 2 aliphatic rings. The number of benzene rings is 8. The molecule has 0 spiro atoms. The van der Waals surface area contributed by atoms with Gasteiger partial charge >= 0.3 is 0 Å². The van der Waals surface area contributed by atoms with Crippen LogP contribution in [0.2, 0.25) is 0 Å². The van der Waals surface area contributed by atoms with Crippen LogP contribution in [0.25, 0.3) is 94.4 Å². The van der Waals surface area contributed by atoms with Crippen molar-refractivity contribution < 1.29 is 8.83 Å². The van der Waals surface area contributed by atoms with E-state index in [4.69, 9.17) is 13.8 Å². The van der Waals surface area contributed by atoms with Crippen LogP contribution in [0.4, 0.5) is 0 Å². The monoisotopic (exact) mass is 864 g/mol. The topological polar surface area (TPSA) is 43.6 Å². The third-order valence-corrected chi connectivity index (χ3v) is 14.4. The lowest BCUT2D eigenvalue weighted by Gasteiger charge is -2.30. The molecule has 0 amide bonds. The molecule has 11 aromatic rings. The van der Waals surface area contributed by atoms with Gasteiger partial charge < -0.3 is 13.4 Å². The SMILES string of the molecule is CCC1/C(c2cccc3oc4ccc(-c5ccc6c(c5)c5c(n6-c6ccccc6)CCC=C5)cc4c23)=C\CC/C(c2ccc(-c3ccc4c(c3)oc3ccccc34)cc2)=N\C1c1ccccc1. The maximum Gasteiger partial charge on any atom is 0.136 e. The summed E-state index contributed by atoms with van der Waals surface area (Å²) in [5.74, 6) is 0.140. The van der Waals surface area contributed by atoms with Crippen molar-refractivity contribution in [1.29, 1.82) is 0 Å². The van der Waals surface area contributed by atoms with Crippen LogP contribution in [-0.4, -0.2) is 10.3 Å². The lowest BCUT2D eigenvalue weighted by Crippen LogP contribution is -2.18. The van der Waals surface area contributed by atoms with Crippen LogP contribution < -0.4 is 0 Å². The molecule has 0 fully saturated rings. The van der Waals surface area contributed by atoms with Crippen molar-refractivity contribution in [3.63, 3.8) is 0 Å². The molecule has 1 aliphatic heterocycles. The van der Waals surface area contributed by atoms with E-state index in [9.17, 15) is 0 Å². The average molecular weight is 865 g/mol. The third kappa shape index (κ3) is 6.69. The van der Waals surface area contributed by atoms with Crippen molar-refractivity contribution in [2.45, 2.75) is 45.1 Å². The minimum atomic E-state index is -0.0678. The summed E-state index contributed by atoms with van der Waals surface area (Å²) < 4.78 is 15.4. The first-order valence-corrected chi connectivity index (χ1v) is 23.9. The van der Waals surface area contributed by atoms with E-state index in [1.54, 1.807) is 0 Å². The molecule has 4 heterocycles. The van der Waals surface area contributed by atoms with Crippen LogP contribution in [0.1, 0.15) is 66.6 Å². The predicted molar refractivity (Wildman–Crippen MR) is 279 cm³/mol. The molecule has 0 N–H and O–H groups in total. The molecule has 13 rings (SSSR count). The Labute approximate surface area is 389 Å². The molecular formula is C63H48N2O2. The Hall–Kier alpha value is -7.95. The summed E-state index contributed by atoms with van der Waals surface area (Å²) in [4.78, 5) is 5.76. The fourth-order valence-electron chi connectivity index (χ4n) is 11.2. The van der Waals surface area contributed by atoms with Gasteiger partial charge in [0.25, 0.3) is 0 Å². The first kappa shape index (κ1) is 39.4. The van der Waals surface area contributed by atoms with E-state index in [-0.39, 0.29) is 12.0 Å². The van der Waals surface area contributed by atoms with E-state index in [1.807, 2.05) is 12.1 Å². The zero-order valence-electron chi connectivity index (χ0n) is 37.5. The molecule has 3 aromatic heterocycles. The molecule has 2 unspecified atom stereocenters. The Morgan fingerprint density at radius 3 is 2.06 bits per heavy atom. The Bertz CT molecular complexity index is 3790. The van der Waals surface area contributed by atoms with Crippen LogP contribution in [0.5, 0.6) is 0 Å². The maximum absolute atomic E-state index is 6.69. The van der Waals surface area contributed by atoms with Gasteiger partial charge in [0, 0.05) is 55.5 Å². The number of nitrogens with zero attached hydrogens (tertiary/aromatic N) is 2. The lowest BCUT2D eigenvalue weighted by molar-refractivity contribution is 0.519. The minimum Gasteiger partial charge on any atom is -0.456 e. The van der Waals surface area contributed by atoms with E-state index in [2.05, 4.69) is 200 Å². The zero-order valence-corrected chi connectivity index (χ0v) is 37.5. The molecule has 0 bridgehead atoms. The van der Waals surface area contributed by atoms with Gasteiger partial charge in [-0.15, -0.1) is 0 Å². The van der Waals surface area contributed by atoms with E-state index >= 15 is 0 Å². The molecule has 8 aromatic carbocycles. The number of aliphatic imine (C=N–C) groups is 1. The van der Waals surface area contributed by atoms with Gasteiger partial charge in [-0.2, -0.15) is 0 Å². The Balaban J connectivity index is 0.875. The number of rotatable bonds is 7. The quantitative estimate of drug-likeness (QED) is 0.160. The molecule has 4 heteroatoms. The summed E-state index contributed by atoms with van der Waals surface area (Å²) in [5, 5.41) is 5.90. The summed E-state index contributed by atoms with van der Waals surface area (Å²) in [6.07, 6.45) is 11.9. The standard InChI is InChI=1S/C63H48N2O2/c1-2-47-48(21-13-23-55(64-63(47)42-15-5-3-6-16-42)41-29-27-40(28-30-41)45-31-34-51-50-20-10-12-25-58(50)67-61(51)39-45)52-22-14-26-60-62(52)54-38-44(33-36-59(54)66-60)43-32-35-57-53(37-43)49-19-9-11-24-56(49)65(57)46-17-7-4-8-18-46/h3-10,12,14-22,25-39,47,63H,2,11,13,23-24H2,1H3/b48-21+,64-55+. The second-order valence-corrected chi connectivity index (χ2v) is 18.2. The van der Waals surface area contributed by atoms with E-state index in [0.29, 0.717) is 0 Å². The van der Waals surface area contributed by atoms with Gasteiger partial charge in [0.2, 0.25) is 0 Å². The van der Waals surface area contributed by atoms with E-state index < -0.39 is 0 Å². The summed E-state index contributed by atoms with van der Waals surface area (Å²) in [6.45, 7) is 2.32. The fourth-order valence-corrected chi connectivity index (χ4v) is 11.2. The van der Waals surface area contributed by atoms with Crippen molar-refractivity contribution in [3.8, 4) is 27.9 Å². The van der Waals surface area contributed by atoms with Crippen molar-refractivity contribution in [3.05, 3.63) is 222 Å². The summed E-state index contributed by atoms with van der Waals surface area (Å²) >= 11 is 0. The number of furan rings is 2. The number of aromatic nitrogens is 1. The predicted octanol–water partition coefficient (Wildman–Crippen LogP) is 17.2. The van der Waals surface area contributed by atoms with Crippen LogP contribution in [-0.2, 0) is 6.42 Å². The smallest absolute Gasteiger partial charge is 0.136 e. The minimum absolute atomic E-state index is 0.0678. The highest BCUT2D eigenvalue weighted by atomic mass is 16.3. The van der Waals surface area contributed by atoms with Gasteiger partial charge in [-0.25, -0.2) is 0 Å². The van der Waals surface area contributed by atoms with Gasteiger partial charge in [-0.05, 0) is 137 Å². The van der Waals surface area contributed by atoms with Crippen molar-refractivity contribution in [2.75, 3.05) is 0 Å². The molecule has 0 saturated carbocycles. The molecule has 322 valence electrons. The molecule has 0 saturated heterocycles. The van der Waals surface area contributed by atoms with Gasteiger partial charge in [0.1, 0.15) is 22.3 Å². The second kappa shape index (κ2) is 16.2. The molecule has 4 nitrogen and oxygen atoms in total.